The molecule has 0 unspecified atom stereocenters. The Morgan fingerprint density at radius 1 is 1.18 bits per heavy atom. The number of ether oxygens (including phenoxy) is 2. The van der Waals surface area contributed by atoms with Crippen molar-refractivity contribution in [2.75, 3.05) is 13.2 Å². The van der Waals surface area contributed by atoms with Gasteiger partial charge in [-0.3, -0.25) is 0 Å². The van der Waals surface area contributed by atoms with Gasteiger partial charge < -0.3 is 14.8 Å². The Morgan fingerprint density at radius 2 is 2.05 bits per heavy atom. The number of hydrogen-bond acceptors (Lipinski definition) is 4. The van der Waals surface area contributed by atoms with Crippen molar-refractivity contribution in [2.45, 2.75) is 33.4 Å². The van der Waals surface area contributed by atoms with Crippen molar-refractivity contribution in [2.24, 2.45) is 0 Å². The Morgan fingerprint density at radius 3 is 2.73 bits per heavy atom. The van der Waals surface area contributed by atoms with Crippen LogP contribution in [0.3, 0.4) is 0 Å². The van der Waals surface area contributed by atoms with Crippen LogP contribution >= 0.6 is 27.3 Å². The van der Waals surface area contributed by atoms with Gasteiger partial charge in [-0.2, -0.15) is 0 Å². The van der Waals surface area contributed by atoms with Gasteiger partial charge in [0.2, 0.25) is 0 Å². The summed E-state index contributed by atoms with van der Waals surface area (Å²) in [5, 5.41) is 5.55. The van der Waals surface area contributed by atoms with Crippen LogP contribution in [-0.2, 0) is 13.1 Å². The molecule has 0 bridgehead atoms. The molecule has 1 heterocycles. The summed E-state index contributed by atoms with van der Waals surface area (Å²) in [4.78, 5) is 1.34. The van der Waals surface area contributed by atoms with Crippen LogP contribution in [0.2, 0.25) is 0 Å². The molecule has 3 nitrogen and oxygen atoms in total. The van der Waals surface area contributed by atoms with Crippen LogP contribution in [0.1, 0.15) is 30.7 Å². The summed E-state index contributed by atoms with van der Waals surface area (Å²) in [6.45, 7) is 7.07. The van der Waals surface area contributed by atoms with E-state index in [1.807, 2.05) is 6.92 Å². The highest BCUT2D eigenvalue weighted by Crippen LogP contribution is 2.37. The predicted molar refractivity (Wildman–Crippen MR) is 96.0 cm³/mol. The normalized spacial score (nSPS) is 10.7. The molecule has 0 aliphatic rings. The van der Waals surface area contributed by atoms with E-state index in [9.17, 15) is 0 Å². The third kappa shape index (κ3) is 5.00. The molecule has 0 saturated heterocycles. The second-order valence-corrected chi connectivity index (χ2v) is 6.76. The van der Waals surface area contributed by atoms with Gasteiger partial charge in [0.25, 0.3) is 0 Å². The van der Waals surface area contributed by atoms with E-state index in [4.69, 9.17) is 9.47 Å². The van der Waals surface area contributed by atoms with Gasteiger partial charge in [-0.25, -0.2) is 0 Å². The maximum Gasteiger partial charge on any atom is 0.175 e. The lowest BCUT2D eigenvalue weighted by atomic mass is 10.2. The van der Waals surface area contributed by atoms with Crippen molar-refractivity contribution in [3.63, 3.8) is 0 Å². The van der Waals surface area contributed by atoms with Crippen molar-refractivity contribution < 1.29 is 9.47 Å². The lowest BCUT2D eigenvalue weighted by Crippen LogP contribution is -2.12. The van der Waals surface area contributed by atoms with E-state index in [-0.39, 0.29) is 0 Å². The molecule has 1 aromatic carbocycles. The number of thiophene rings is 1. The molecule has 0 saturated carbocycles. The SMILES string of the molecule is CCCOc1c(Br)cc(CNCc2cccs2)cc1OCC. The Balaban J connectivity index is 2.04. The molecule has 5 heteroatoms. The molecule has 0 aliphatic heterocycles. The number of benzene rings is 1. The standard InChI is InChI=1S/C17H22BrNO2S/c1-3-7-21-17-15(18)9-13(10-16(17)20-4-2)11-19-12-14-6-5-8-22-14/h5-6,8-10,19H,3-4,7,11-12H2,1-2H3. The summed E-state index contributed by atoms with van der Waals surface area (Å²) in [6.07, 6.45) is 0.974. The van der Waals surface area contributed by atoms with E-state index in [1.54, 1.807) is 11.3 Å². The zero-order valence-electron chi connectivity index (χ0n) is 13.0. The maximum atomic E-state index is 5.80. The molecule has 1 N–H and O–H groups in total. The van der Waals surface area contributed by atoms with E-state index < -0.39 is 0 Å². The van der Waals surface area contributed by atoms with Crippen LogP contribution in [0, 0.1) is 0 Å². The van der Waals surface area contributed by atoms with Gasteiger partial charge in [-0.1, -0.05) is 13.0 Å². The zero-order chi connectivity index (χ0) is 15.8. The first-order valence-corrected chi connectivity index (χ1v) is 9.23. The van der Waals surface area contributed by atoms with E-state index >= 15 is 0 Å². The molecular weight excluding hydrogens is 362 g/mol. The molecule has 0 fully saturated rings. The van der Waals surface area contributed by atoms with Crippen molar-refractivity contribution in [3.8, 4) is 11.5 Å². The predicted octanol–water partition coefficient (Wildman–Crippen LogP) is 4.99. The average molecular weight is 384 g/mol. The van der Waals surface area contributed by atoms with Gasteiger partial charge in [0.15, 0.2) is 11.5 Å². The third-order valence-electron chi connectivity index (χ3n) is 3.03. The zero-order valence-corrected chi connectivity index (χ0v) is 15.4. The van der Waals surface area contributed by atoms with Gasteiger partial charge in [0.1, 0.15) is 0 Å². The fourth-order valence-electron chi connectivity index (χ4n) is 2.07. The minimum absolute atomic E-state index is 0.626. The Hall–Kier alpha value is -1.04. The monoisotopic (exact) mass is 383 g/mol. The summed E-state index contributed by atoms with van der Waals surface area (Å²) in [5.41, 5.74) is 1.18. The highest BCUT2D eigenvalue weighted by Gasteiger charge is 2.12. The van der Waals surface area contributed by atoms with Crippen molar-refractivity contribution in [1.29, 1.82) is 0 Å². The number of rotatable bonds is 9. The number of hydrogen-bond donors (Lipinski definition) is 1. The van der Waals surface area contributed by atoms with Crippen LogP contribution in [-0.4, -0.2) is 13.2 Å². The van der Waals surface area contributed by atoms with E-state index in [1.165, 1.54) is 10.4 Å². The Labute approximate surface area is 144 Å². The summed E-state index contributed by atoms with van der Waals surface area (Å²) >= 11 is 5.37. The van der Waals surface area contributed by atoms with Gasteiger partial charge >= 0.3 is 0 Å². The second-order valence-electron chi connectivity index (χ2n) is 4.87. The topological polar surface area (TPSA) is 30.5 Å². The van der Waals surface area contributed by atoms with Gasteiger partial charge in [-0.15, -0.1) is 11.3 Å². The number of halogens is 1. The first-order valence-electron chi connectivity index (χ1n) is 7.55. The number of nitrogens with one attached hydrogen (secondary N) is 1. The van der Waals surface area contributed by atoms with Crippen LogP contribution in [0.15, 0.2) is 34.1 Å². The van der Waals surface area contributed by atoms with Crippen LogP contribution < -0.4 is 14.8 Å². The Kier molecular flexibility index (Phi) is 7.22. The molecule has 0 aliphatic carbocycles. The van der Waals surface area contributed by atoms with Crippen LogP contribution in [0.5, 0.6) is 11.5 Å². The quantitative estimate of drug-likeness (QED) is 0.661. The van der Waals surface area contributed by atoms with E-state index in [0.29, 0.717) is 13.2 Å². The largest absolute Gasteiger partial charge is 0.490 e. The first-order chi connectivity index (χ1) is 10.7. The fraction of sp³-hybridized carbons (Fsp3) is 0.412. The first kappa shape index (κ1) is 17.3. The molecule has 120 valence electrons. The molecule has 0 spiro atoms. The molecule has 0 radical (unpaired) electrons. The van der Waals surface area contributed by atoms with Crippen LogP contribution in [0.4, 0.5) is 0 Å². The fourth-order valence-corrected chi connectivity index (χ4v) is 3.35. The van der Waals surface area contributed by atoms with Gasteiger partial charge in [0, 0.05) is 18.0 Å². The molecular formula is C17H22BrNO2S. The van der Waals surface area contributed by atoms with Crippen molar-refractivity contribution in [3.05, 3.63) is 44.6 Å². The Bertz CT molecular complexity index is 572. The highest BCUT2D eigenvalue weighted by atomic mass is 79.9. The van der Waals surface area contributed by atoms with E-state index in [0.717, 1.165) is 35.5 Å². The van der Waals surface area contributed by atoms with Gasteiger partial charge in [-0.05, 0) is 58.4 Å². The minimum Gasteiger partial charge on any atom is -0.490 e. The molecule has 0 atom stereocenters. The van der Waals surface area contributed by atoms with Crippen molar-refractivity contribution >= 4 is 27.3 Å². The maximum absolute atomic E-state index is 5.80. The molecule has 1 aromatic heterocycles. The lowest BCUT2D eigenvalue weighted by molar-refractivity contribution is 0.275. The average Bonchev–Trinajstić information content (AvgIpc) is 3.00. The molecule has 2 aromatic rings. The highest BCUT2D eigenvalue weighted by molar-refractivity contribution is 9.10. The van der Waals surface area contributed by atoms with Crippen LogP contribution in [0.25, 0.3) is 0 Å². The molecule has 0 amide bonds. The molecule has 22 heavy (non-hydrogen) atoms. The third-order valence-corrected chi connectivity index (χ3v) is 4.49. The summed E-state index contributed by atoms with van der Waals surface area (Å²) < 4.78 is 12.5. The van der Waals surface area contributed by atoms with Crippen molar-refractivity contribution in [1.82, 2.24) is 5.32 Å². The summed E-state index contributed by atoms with van der Waals surface area (Å²) in [7, 11) is 0. The lowest BCUT2D eigenvalue weighted by Gasteiger charge is -2.15. The minimum atomic E-state index is 0.626. The van der Waals surface area contributed by atoms with Gasteiger partial charge in [0.05, 0.1) is 17.7 Å². The smallest absolute Gasteiger partial charge is 0.175 e. The summed E-state index contributed by atoms with van der Waals surface area (Å²) in [6, 6.07) is 8.36. The summed E-state index contributed by atoms with van der Waals surface area (Å²) in [5.74, 6) is 1.60. The van der Waals surface area contributed by atoms with E-state index in [2.05, 4.69) is 57.8 Å². The molecule has 2 rings (SSSR count). The second kappa shape index (κ2) is 9.18.